The zero-order valence-corrected chi connectivity index (χ0v) is 19.9. The number of amides is 1. The molecule has 1 aromatic heterocycles. The van der Waals surface area contributed by atoms with Crippen molar-refractivity contribution in [3.05, 3.63) is 106 Å². The Bertz CT molecular complexity index is 1440. The van der Waals surface area contributed by atoms with Gasteiger partial charge >= 0.3 is 5.97 Å². The summed E-state index contributed by atoms with van der Waals surface area (Å²) in [7, 11) is 1.63. The maximum Gasteiger partial charge on any atom is 0.307 e. The van der Waals surface area contributed by atoms with Crippen LogP contribution in [0.4, 0.5) is 5.69 Å². The number of para-hydroxylation sites is 1. The fourth-order valence-electron chi connectivity index (χ4n) is 3.86. The molecule has 1 atom stereocenters. The molecule has 35 heavy (non-hydrogen) atoms. The molecule has 0 aliphatic heterocycles. The summed E-state index contributed by atoms with van der Waals surface area (Å²) < 4.78 is 7.10. The summed E-state index contributed by atoms with van der Waals surface area (Å²) in [5.41, 5.74) is 3.56. The van der Waals surface area contributed by atoms with Gasteiger partial charge in [0.2, 0.25) is 6.10 Å². The molecular weight excluding hydrogens is 442 g/mol. The quantitative estimate of drug-likeness (QED) is 0.405. The predicted molar refractivity (Wildman–Crippen MR) is 135 cm³/mol. The first-order valence-electron chi connectivity index (χ1n) is 11.4. The van der Waals surface area contributed by atoms with E-state index < -0.39 is 18.0 Å². The van der Waals surface area contributed by atoms with E-state index in [-0.39, 0.29) is 18.4 Å². The molecular formula is C28H27N3O4. The molecule has 0 saturated carbocycles. The van der Waals surface area contributed by atoms with Crippen molar-refractivity contribution in [2.24, 2.45) is 7.05 Å². The van der Waals surface area contributed by atoms with Gasteiger partial charge in [-0.1, -0.05) is 54.6 Å². The number of hydrogen-bond donors (Lipinski definition) is 1. The second kappa shape index (κ2) is 10.3. The summed E-state index contributed by atoms with van der Waals surface area (Å²) >= 11 is 0. The summed E-state index contributed by atoms with van der Waals surface area (Å²) in [5.74, 6) is -0.520. The Labute approximate surface area is 203 Å². The van der Waals surface area contributed by atoms with Crippen LogP contribution in [0.15, 0.2) is 77.6 Å². The van der Waals surface area contributed by atoms with Gasteiger partial charge in [-0.05, 0) is 43.2 Å². The number of benzene rings is 3. The Morgan fingerprint density at radius 2 is 1.71 bits per heavy atom. The largest absolute Gasteiger partial charge is 0.447 e. The number of esters is 1. The number of carbonyl (C=O) groups is 2. The predicted octanol–water partition coefficient (Wildman–Crippen LogP) is 4.41. The van der Waals surface area contributed by atoms with Crippen LogP contribution in [0.1, 0.15) is 35.0 Å². The number of rotatable bonds is 7. The van der Waals surface area contributed by atoms with E-state index in [1.807, 2.05) is 44.2 Å². The number of nitrogens with zero attached hydrogens (tertiary/aromatic N) is 2. The van der Waals surface area contributed by atoms with E-state index in [0.29, 0.717) is 28.0 Å². The lowest BCUT2D eigenvalue weighted by molar-refractivity contribution is -0.154. The molecule has 7 heteroatoms. The number of aryl methyl sites for hydroxylation is 3. The van der Waals surface area contributed by atoms with Crippen LogP contribution in [0.5, 0.6) is 0 Å². The maximum absolute atomic E-state index is 13.2. The Morgan fingerprint density at radius 3 is 2.49 bits per heavy atom. The van der Waals surface area contributed by atoms with Crippen molar-refractivity contribution < 1.29 is 14.3 Å². The highest BCUT2D eigenvalue weighted by Gasteiger charge is 2.26. The van der Waals surface area contributed by atoms with Crippen LogP contribution in [0.3, 0.4) is 0 Å². The molecule has 0 bridgehead atoms. The molecule has 0 spiro atoms. The van der Waals surface area contributed by atoms with Gasteiger partial charge in [0.25, 0.3) is 11.5 Å². The fourth-order valence-corrected chi connectivity index (χ4v) is 3.86. The Hall–Kier alpha value is -4.26. The summed E-state index contributed by atoms with van der Waals surface area (Å²) in [5, 5.41) is 3.41. The first-order valence-corrected chi connectivity index (χ1v) is 11.4. The monoisotopic (exact) mass is 469 g/mol. The van der Waals surface area contributed by atoms with Crippen molar-refractivity contribution in [3.63, 3.8) is 0 Å². The number of ether oxygens (including phenoxy) is 1. The van der Waals surface area contributed by atoms with Gasteiger partial charge in [-0.3, -0.25) is 19.0 Å². The van der Waals surface area contributed by atoms with Gasteiger partial charge in [0.1, 0.15) is 5.82 Å². The van der Waals surface area contributed by atoms with Crippen molar-refractivity contribution in [3.8, 4) is 0 Å². The molecule has 178 valence electrons. The number of fused-ring (bicyclic) bond motifs is 1. The molecule has 0 aliphatic rings. The molecule has 1 unspecified atom stereocenters. The molecule has 4 rings (SSSR count). The smallest absolute Gasteiger partial charge is 0.307 e. The van der Waals surface area contributed by atoms with Gasteiger partial charge in [0.15, 0.2) is 0 Å². The van der Waals surface area contributed by atoms with Crippen LogP contribution >= 0.6 is 0 Å². The van der Waals surface area contributed by atoms with Crippen LogP contribution in [0, 0.1) is 13.8 Å². The molecule has 3 aromatic carbocycles. The summed E-state index contributed by atoms with van der Waals surface area (Å²) in [4.78, 5) is 43.2. The van der Waals surface area contributed by atoms with E-state index in [1.54, 1.807) is 49.5 Å². The first-order chi connectivity index (χ1) is 16.8. The number of aromatic nitrogens is 2. The second-order valence-corrected chi connectivity index (χ2v) is 8.50. The van der Waals surface area contributed by atoms with Gasteiger partial charge in [-0.2, -0.15) is 0 Å². The van der Waals surface area contributed by atoms with Crippen LogP contribution in [-0.2, 0) is 27.8 Å². The third-order valence-corrected chi connectivity index (χ3v) is 5.87. The highest BCUT2D eigenvalue weighted by molar-refractivity contribution is 5.96. The van der Waals surface area contributed by atoms with E-state index in [1.165, 1.54) is 4.57 Å². The number of hydrogen-bond acceptors (Lipinski definition) is 5. The van der Waals surface area contributed by atoms with Crippen molar-refractivity contribution >= 4 is 28.5 Å². The zero-order chi connectivity index (χ0) is 24.9. The van der Waals surface area contributed by atoms with Crippen molar-refractivity contribution in [1.29, 1.82) is 0 Å². The number of carbonyl (C=O) groups excluding carboxylic acids is 2. The Balaban J connectivity index is 1.52. The minimum absolute atomic E-state index is 0.0291. The minimum atomic E-state index is -1.11. The zero-order valence-electron chi connectivity index (χ0n) is 19.9. The van der Waals surface area contributed by atoms with Crippen LogP contribution in [0.2, 0.25) is 0 Å². The third kappa shape index (κ3) is 5.46. The van der Waals surface area contributed by atoms with Crippen LogP contribution in [0.25, 0.3) is 10.9 Å². The Morgan fingerprint density at radius 1 is 1.00 bits per heavy atom. The molecule has 7 nitrogen and oxygen atoms in total. The first kappa shape index (κ1) is 23.9. The van der Waals surface area contributed by atoms with E-state index >= 15 is 0 Å². The van der Waals surface area contributed by atoms with Gasteiger partial charge in [0.05, 0.1) is 17.3 Å². The lowest BCUT2D eigenvalue weighted by atomic mass is 10.1. The van der Waals surface area contributed by atoms with Crippen molar-refractivity contribution in [2.45, 2.75) is 32.8 Å². The van der Waals surface area contributed by atoms with Crippen LogP contribution < -0.4 is 10.9 Å². The molecule has 0 fully saturated rings. The van der Waals surface area contributed by atoms with E-state index in [4.69, 9.17) is 4.74 Å². The summed E-state index contributed by atoms with van der Waals surface area (Å²) in [6, 6.07) is 21.8. The van der Waals surface area contributed by atoms with Crippen molar-refractivity contribution in [2.75, 3.05) is 5.32 Å². The van der Waals surface area contributed by atoms with Crippen molar-refractivity contribution in [1.82, 2.24) is 9.55 Å². The van der Waals surface area contributed by atoms with E-state index in [0.717, 1.165) is 11.1 Å². The lowest BCUT2D eigenvalue weighted by Crippen LogP contribution is -2.27. The normalized spacial score (nSPS) is 11.7. The molecule has 0 radical (unpaired) electrons. The molecule has 1 heterocycles. The SMILES string of the molecule is Cc1ccc(C)c(NC(=O)C(OC(=O)CCc2nc3ccccc3c(=O)n2C)c2ccccc2)c1. The van der Waals surface area contributed by atoms with Gasteiger partial charge in [0, 0.05) is 24.7 Å². The average molecular weight is 470 g/mol. The highest BCUT2D eigenvalue weighted by atomic mass is 16.5. The van der Waals surface area contributed by atoms with Gasteiger partial charge in [-0.15, -0.1) is 0 Å². The summed E-state index contributed by atoms with van der Waals surface area (Å²) in [6.45, 7) is 3.84. The van der Waals surface area contributed by atoms with Gasteiger partial charge < -0.3 is 10.1 Å². The lowest BCUT2D eigenvalue weighted by Gasteiger charge is -2.19. The number of nitrogens with one attached hydrogen (secondary N) is 1. The number of anilines is 1. The highest BCUT2D eigenvalue weighted by Crippen LogP contribution is 2.23. The standard InChI is InChI=1S/C28H27N3O4/c1-18-13-14-19(2)23(17-18)30-27(33)26(20-9-5-4-6-10-20)35-25(32)16-15-24-29-22-12-8-7-11-21(22)28(34)31(24)3/h4-14,17,26H,15-16H2,1-3H3,(H,30,33). The Kier molecular flexibility index (Phi) is 7.06. The van der Waals surface area contributed by atoms with E-state index in [2.05, 4.69) is 10.3 Å². The van der Waals surface area contributed by atoms with Crippen LogP contribution in [-0.4, -0.2) is 21.4 Å². The average Bonchev–Trinajstić information content (AvgIpc) is 2.86. The molecule has 0 saturated heterocycles. The third-order valence-electron chi connectivity index (χ3n) is 5.87. The maximum atomic E-state index is 13.2. The topological polar surface area (TPSA) is 90.3 Å². The molecule has 1 N–H and O–H groups in total. The molecule has 1 amide bonds. The molecule has 0 aliphatic carbocycles. The minimum Gasteiger partial charge on any atom is -0.447 e. The van der Waals surface area contributed by atoms with E-state index in [9.17, 15) is 14.4 Å². The second-order valence-electron chi connectivity index (χ2n) is 8.50. The fraction of sp³-hybridized carbons (Fsp3) is 0.214. The van der Waals surface area contributed by atoms with Gasteiger partial charge in [-0.25, -0.2) is 4.98 Å². The summed E-state index contributed by atoms with van der Waals surface area (Å²) in [6.07, 6.45) is -0.939. The molecule has 4 aromatic rings.